The summed E-state index contributed by atoms with van der Waals surface area (Å²) in [4.78, 5) is 0. The highest BCUT2D eigenvalue weighted by Crippen LogP contribution is 2.12. The molecule has 1 aromatic rings. The number of ether oxygens (including phenoxy) is 1. The summed E-state index contributed by atoms with van der Waals surface area (Å²) in [6.07, 6.45) is 2.46. The van der Waals surface area contributed by atoms with Crippen LogP contribution < -0.4 is 10.1 Å². The molecule has 0 aliphatic carbocycles. The van der Waals surface area contributed by atoms with Gasteiger partial charge in [-0.25, -0.2) is 0 Å². The van der Waals surface area contributed by atoms with Crippen molar-refractivity contribution in [3.8, 4) is 11.8 Å². The lowest BCUT2D eigenvalue weighted by molar-refractivity contribution is 0.307. The molecule has 1 N–H and O–H groups in total. The summed E-state index contributed by atoms with van der Waals surface area (Å²) in [5.74, 6) is 0.900. The van der Waals surface area contributed by atoms with Crippen LogP contribution in [0.2, 0.25) is 0 Å². The summed E-state index contributed by atoms with van der Waals surface area (Å²) in [6.45, 7) is 1.56. The van der Waals surface area contributed by atoms with Crippen LogP contribution in [0.15, 0.2) is 24.3 Å². The van der Waals surface area contributed by atoms with Gasteiger partial charge in [-0.15, -0.1) is 0 Å². The van der Waals surface area contributed by atoms with Crippen LogP contribution in [-0.4, -0.2) is 13.7 Å². The molecule has 1 aromatic carbocycles. The van der Waals surface area contributed by atoms with Crippen LogP contribution in [0, 0.1) is 11.3 Å². The van der Waals surface area contributed by atoms with Crippen LogP contribution in [0.4, 0.5) is 0 Å². The van der Waals surface area contributed by atoms with E-state index in [9.17, 15) is 0 Å². The number of nitriles is 1. The van der Waals surface area contributed by atoms with E-state index < -0.39 is 0 Å². The number of benzene rings is 1. The van der Waals surface area contributed by atoms with E-state index in [0.717, 1.165) is 25.1 Å². The van der Waals surface area contributed by atoms with E-state index in [0.29, 0.717) is 13.0 Å². The van der Waals surface area contributed by atoms with Gasteiger partial charge in [0.15, 0.2) is 0 Å². The largest absolute Gasteiger partial charge is 0.494 e. The van der Waals surface area contributed by atoms with Crippen molar-refractivity contribution >= 4 is 0 Å². The average Bonchev–Trinajstić information content (AvgIpc) is 2.31. The van der Waals surface area contributed by atoms with E-state index in [1.807, 2.05) is 19.2 Å². The molecule has 1 rings (SSSR count). The second kappa shape index (κ2) is 7.72. The van der Waals surface area contributed by atoms with Crippen LogP contribution >= 0.6 is 0 Å². The zero-order valence-electron chi connectivity index (χ0n) is 9.70. The van der Waals surface area contributed by atoms with Gasteiger partial charge in [-0.05, 0) is 37.6 Å². The summed E-state index contributed by atoms with van der Waals surface area (Å²) < 4.78 is 5.56. The van der Waals surface area contributed by atoms with Gasteiger partial charge in [0, 0.05) is 13.0 Å². The van der Waals surface area contributed by atoms with Gasteiger partial charge in [-0.2, -0.15) is 5.26 Å². The zero-order valence-corrected chi connectivity index (χ0v) is 9.70. The molecule has 0 bridgehead atoms. The quantitative estimate of drug-likeness (QED) is 0.715. The third-order valence-corrected chi connectivity index (χ3v) is 2.26. The predicted octanol–water partition coefficient (Wildman–Crippen LogP) is 2.48. The van der Waals surface area contributed by atoms with Crippen LogP contribution in [-0.2, 0) is 6.54 Å². The first-order valence-corrected chi connectivity index (χ1v) is 5.60. The van der Waals surface area contributed by atoms with Crippen molar-refractivity contribution < 1.29 is 4.74 Å². The molecule has 0 atom stereocenters. The van der Waals surface area contributed by atoms with E-state index in [1.165, 1.54) is 5.56 Å². The van der Waals surface area contributed by atoms with Gasteiger partial charge < -0.3 is 10.1 Å². The molecule has 0 fully saturated rings. The molecule has 0 aromatic heterocycles. The minimum atomic E-state index is 0.616. The van der Waals surface area contributed by atoms with Crippen molar-refractivity contribution in [2.75, 3.05) is 13.7 Å². The SMILES string of the molecule is CNCc1ccc(OCCCCC#N)cc1. The van der Waals surface area contributed by atoms with Gasteiger partial charge >= 0.3 is 0 Å². The Balaban J connectivity index is 2.24. The van der Waals surface area contributed by atoms with Crippen LogP contribution in [0.1, 0.15) is 24.8 Å². The van der Waals surface area contributed by atoms with Crippen LogP contribution in [0.5, 0.6) is 5.75 Å². The molecule has 86 valence electrons. The first-order valence-electron chi connectivity index (χ1n) is 5.60. The second-order valence-electron chi connectivity index (χ2n) is 3.64. The summed E-state index contributed by atoms with van der Waals surface area (Å²) >= 11 is 0. The standard InChI is InChI=1S/C13H18N2O/c1-15-11-12-5-7-13(8-6-12)16-10-4-2-3-9-14/h5-8,15H,2-4,10-11H2,1H3. The number of nitrogens with zero attached hydrogens (tertiary/aromatic N) is 1. The second-order valence-corrected chi connectivity index (χ2v) is 3.64. The highest BCUT2D eigenvalue weighted by atomic mass is 16.5. The molecule has 0 radical (unpaired) electrons. The van der Waals surface area contributed by atoms with E-state index in [2.05, 4.69) is 23.5 Å². The van der Waals surface area contributed by atoms with Crippen molar-refractivity contribution in [1.29, 1.82) is 5.26 Å². The van der Waals surface area contributed by atoms with E-state index in [-0.39, 0.29) is 0 Å². The average molecular weight is 218 g/mol. The van der Waals surface area contributed by atoms with Crippen LogP contribution in [0.3, 0.4) is 0 Å². The Morgan fingerprint density at radius 3 is 2.62 bits per heavy atom. The molecule has 3 nitrogen and oxygen atoms in total. The Labute approximate surface area is 97.0 Å². The highest BCUT2D eigenvalue weighted by molar-refractivity contribution is 5.27. The topological polar surface area (TPSA) is 45.0 Å². The molecule has 16 heavy (non-hydrogen) atoms. The smallest absolute Gasteiger partial charge is 0.119 e. The van der Waals surface area contributed by atoms with Crippen molar-refractivity contribution in [2.24, 2.45) is 0 Å². The highest BCUT2D eigenvalue weighted by Gasteiger charge is 1.95. The van der Waals surface area contributed by atoms with Gasteiger partial charge in [-0.3, -0.25) is 0 Å². The van der Waals surface area contributed by atoms with Gasteiger partial charge in [0.1, 0.15) is 5.75 Å². The number of rotatable bonds is 7. The Bertz CT molecular complexity index is 327. The molecular weight excluding hydrogens is 200 g/mol. The maximum Gasteiger partial charge on any atom is 0.119 e. The number of unbranched alkanes of at least 4 members (excludes halogenated alkanes) is 2. The van der Waals surface area contributed by atoms with Gasteiger partial charge in [0.2, 0.25) is 0 Å². The van der Waals surface area contributed by atoms with E-state index in [4.69, 9.17) is 10.00 Å². The van der Waals surface area contributed by atoms with Gasteiger partial charge in [0.05, 0.1) is 12.7 Å². The lowest BCUT2D eigenvalue weighted by atomic mass is 10.2. The summed E-state index contributed by atoms with van der Waals surface area (Å²) in [5.41, 5.74) is 1.25. The summed E-state index contributed by atoms with van der Waals surface area (Å²) in [6, 6.07) is 10.2. The molecule has 0 unspecified atom stereocenters. The Hall–Kier alpha value is -1.53. The lowest BCUT2D eigenvalue weighted by Gasteiger charge is -2.06. The Morgan fingerprint density at radius 2 is 2.00 bits per heavy atom. The fourth-order valence-electron chi connectivity index (χ4n) is 1.40. The van der Waals surface area contributed by atoms with Crippen molar-refractivity contribution in [2.45, 2.75) is 25.8 Å². The fourth-order valence-corrected chi connectivity index (χ4v) is 1.40. The first-order chi connectivity index (χ1) is 7.86. The molecule has 0 spiro atoms. The Morgan fingerprint density at radius 1 is 1.25 bits per heavy atom. The summed E-state index contributed by atoms with van der Waals surface area (Å²) in [7, 11) is 1.93. The van der Waals surface area contributed by atoms with E-state index >= 15 is 0 Å². The molecule has 0 amide bonds. The minimum Gasteiger partial charge on any atom is -0.494 e. The Kier molecular flexibility index (Phi) is 6.05. The van der Waals surface area contributed by atoms with Crippen LogP contribution in [0.25, 0.3) is 0 Å². The van der Waals surface area contributed by atoms with E-state index in [1.54, 1.807) is 0 Å². The molecule has 3 heteroatoms. The zero-order chi connectivity index (χ0) is 11.6. The first kappa shape index (κ1) is 12.5. The molecule has 0 aliphatic rings. The molecular formula is C13H18N2O. The molecule has 0 heterocycles. The number of hydrogen-bond donors (Lipinski definition) is 1. The molecule has 0 saturated heterocycles. The predicted molar refractivity (Wildman–Crippen MR) is 64.2 cm³/mol. The van der Waals surface area contributed by atoms with Crippen molar-refractivity contribution in [3.63, 3.8) is 0 Å². The third kappa shape index (κ3) is 4.81. The monoisotopic (exact) mass is 218 g/mol. The molecule has 0 saturated carbocycles. The van der Waals surface area contributed by atoms with Gasteiger partial charge in [0.25, 0.3) is 0 Å². The fraction of sp³-hybridized carbons (Fsp3) is 0.462. The van der Waals surface area contributed by atoms with Gasteiger partial charge in [-0.1, -0.05) is 12.1 Å². The van der Waals surface area contributed by atoms with Crippen molar-refractivity contribution in [3.05, 3.63) is 29.8 Å². The maximum absolute atomic E-state index is 8.37. The minimum absolute atomic E-state index is 0.616. The maximum atomic E-state index is 8.37. The summed E-state index contributed by atoms with van der Waals surface area (Å²) in [5, 5.41) is 11.5. The lowest BCUT2D eigenvalue weighted by Crippen LogP contribution is -2.04. The normalized spacial score (nSPS) is 9.75. The number of nitrogens with one attached hydrogen (secondary N) is 1. The van der Waals surface area contributed by atoms with Crippen molar-refractivity contribution in [1.82, 2.24) is 5.32 Å². The third-order valence-electron chi connectivity index (χ3n) is 2.26. The molecule has 0 aliphatic heterocycles. The number of hydrogen-bond acceptors (Lipinski definition) is 3.